The molecule has 0 amide bonds. The van der Waals surface area contributed by atoms with Crippen molar-refractivity contribution in [3.63, 3.8) is 0 Å². The van der Waals surface area contributed by atoms with Gasteiger partial charge in [-0.05, 0) is 29.3 Å². The van der Waals surface area contributed by atoms with E-state index in [0.717, 1.165) is 11.3 Å². The van der Waals surface area contributed by atoms with Crippen LogP contribution in [0.1, 0.15) is 11.1 Å². The molecule has 20 heavy (non-hydrogen) atoms. The van der Waals surface area contributed by atoms with Crippen molar-refractivity contribution in [3.05, 3.63) is 71.8 Å². The van der Waals surface area contributed by atoms with Crippen molar-refractivity contribution < 1.29 is 9.84 Å². The van der Waals surface area contributed by atoms with Gasteiger partial charge in [0.25, 0.3) is 0 Å². The van der Waals surface area contributed by atoms with Crippen molar-refractivity contribution in [1.82, 2.24) is 0 Å². The summed E-state index contributed by atoms with van der Waals surface area (Å²) in [5.41, 5.74) is 0.212. The number of benzene rings is 2. The predicted octanol–water partition coefficient (Wildman–Crippen LogP) is 3.23. The van der Waals surface area contributed by atoms with Crippen LogP contribution in [-0.4, -0.2) is 12.2 Å². The number of rotatable bonds is 4. The summed E-state index contributed by atoms with van der Waals surface area (Å²) < 4.78 is 5.10. The Labute approximate surface area is 119 Å². The number of methoxy groups -OCH3 is 1. The fourth-order valence-corrected chi connectivity index (χ4v) is 1.85. The normalized spacial score (nSPS) is 13.7. The van der Waals surface area contributed by atoms with E-state index in [2.05, 4.69) is 5.92 Å². The molecule has 2 heteroatoms. The summed E-state index contributed by atoms with van der Waals surface area (Å²) in [6.07, 6.45) is 8.89. The second-order valence-corrected chi connectivity index (χ2v) is 4.38. The highest BCUT2D eigenvalue weighted by atomic mass is 16.5. The summed E-state index contributed by atoms with van der Waals surface area (Å²) in [7, 11) is 1.62. The van der Waals surface area contributed by atoms with Crippen LogP contribution in [-0.2, 0) is 5.60 Å². The molecule has 2 nitrogen and oxygen atoms in total. The molecular formula is C18H16O2. The lowest BCUT2D eigenvalue weighted by Gasteiger charge is -2.18. The SMILES string of the molecule is C#CC(O)(C=Cc1ccc(OC)cc1)c1ccccc1. The van der Waals surface area contributed by atoms with Gasteiger partial charge in [-0.3, -0.25) is 0 Å². The van der Waals surface area contributed by atoms with Gasteiger partial charge >= 0.3 is 0 Å². The molecule has 0 saturated heterocycles. The molecule has 2 aromatic carbocycles. The third kappa shape index (κ3) is 3.09. The molecule has 2 aromatic rings. The van der Waals surface area contributed by atoms with E-state index in [9.17, 15) is 5.11 Å². The summed E-state index contributed by atoms with van der Waals surface area (Å²) in [4.78, 5) is 0. The molecule has 1 N–H and O–H groups in total. The summed E-state index contributed by atoms with van der Waals surface area (Å²) in [5, 5.41) is 10.5. The Morgan fingerprint density at radius 1 is 1.10 bits per heavy atom. The van der Waals surface area contributed by atoms with Crippen LogP contribution < -0.4 is 4.74 Å². The molecule has 0 aromatic heterocycles. The van der Waals surface area contributed by atoms with Crippen LogP contribution in [0.25, 0.3) is 6.08 Å². The lowest BCUT2D eigenvalue weighted by molar-refractivity contribution is 0.155. The third-order valence-corrected chi connectivity index (χ3v) is 3.07. The summed E-state index contributed by atoms with van der Waals surface area (Å²) in [6.45, 7) is 0. The molecule has 2 rings (SSSR count). The Hall–Kier alpha value is -2.50. The minimum absolute atomic E-state index is 0.673. The second kappa shape index (κ2) is 6.10. The average Bonchev–Trinajstić information content (AvgIpc) is 2.54. The van der Waals surface area contributed by atoms with Gasteiger partial charge in [0.05, 0.1) is 7.11 Å². The third-order valence-electron chi connectivity index (χ3n) is 3.07. The van der Waals surface area contributed by atoms with Crippen molar-refractivity contribution in [3.8, 4) is 18.1 Å². The van der Waals surface area contributed by atoms with Crippen LogP contribution in [0.4, 0.5) is 0 Å². The van der Waals surface area contributed by atoms with Gasteiger partial charge in [-0.15, -0.1) is 6.42 Å². The highest BCUT2D eigenvalue weighted by Crippen LogP contribution is 2.23. The fraction of sp³-hybridized carbons (Fsp3) is 0.111. The first kappa shape index (κ1) is 13.9. The van der Waals surface area contributed by atoms with Gasteiger partial charge in [0.2, 0.25) is 0 Å². The van der Waals surface area contributed by atoms with Gasteiger partial charge in [-0.25, -0.2) is 0 Å². The predicted molar refractivity (Wildman–Crippen MR) is 81.2 cm³/mol. The molecule has 0 fully saturated rings. The minimum Gasteiger partial charge on any atom is -0.497 e. The Kier molecular flexibility index (Phi) is 4.24. The van der Waals surface area contributed by atoms with E-state index in [4.69, 9.17) is 11.2 Å². The van der Waals surface area contributed by atoms with Crippen molar-refractivity contribution in [2.24, 2.45) is 0 Å². The quantitative estimate of drug-likeness (QED) is 0.859. The maximum Gasteiger partial charge on any atom is 0.169 e. The van der Waals surface area contributed by atoms with Gasteiger partial charge in [-0.1, -0.05) is 54.5 Å². The molecule has 0 spiro atoms. The van der Waals surface area contributed by atoms with E-state index in [1.165, 1.54) is 0 Å². The maximum absolute atomic E-state index is 10.5. The van der Waals surface area contributed by atoms with Gasteiger partial charge in [0, 0.05) is 0 Å². The Bertz CT molecular complexity index is 621. The smallest absolute Gasteiger partial charge is 0.169 e. The molecule has 1 unspecified atom stereocenters. The van der Waals surface area contributed by atoms with Crippen LogP contribution in [0.3, 0.4) is 0 Å². The van der Waals surface area contributed by atoms with Crippen molar-refractivity contribution >= 4 is 6.08 Å². The van der Waals surface area contributed by atoms with Crippen molar-refractivity contribution in [2.45, 2.75) is 5.60 Å². The molecule has 0 radical (unpaired) electrons. The van der Waals surface area contributed by atoms with Gasteiger partial charge in [-0.2, -0.15) is 0 Å². The summed E-state index contributed by atoms with van der Waals surface area (Å²) in [6, 6.07) is 16.7. The molecular weight excluding hydrogens is 248 g/mol. The molecule has 100 valence electrons. The number of ether oxygens (including phenoxy) is 1. The summed E-state index contributed by atoms with van der Waals surface area (Å²) in [5.74, 6) is 3.22. The number of hydrogen-bond acceptors (Lipinski definition) is 2. The maximum atomic E-state index is 10.5. The Balaban J connectivity index is 2.25. The average molecular weight is 264 g/mol. The van der Waals surface area contributed by atoms with Crippen LogP contribution in [0.15, 0.2) is 60.7 Å². The zero-order valence-corrected chi connectivity index (χ0v) is 11.3. The standard InChI is InChI=1S/C18H16O2/c1-3-18(19,16-7-5-4-6-8-16)14-13-15-9-11-17(20-2)12-10-15/h1,4-14,19H,2H3. The topological polar surface area (TPSA) is 29.5 Å². The largest absolute Gasteiger partial charge is 0.497 e. The van der Waals surface area contributed by atoms with E-state index < -0.39 is 5.60 Å². The van der Waals surface area contributed by atoms with Crippen LogP contribution in [0.5, 0.6) is 5.75 Å². The molecule has 0 heterocycles. The fourth-order valence-electron chi connectivity index (χ4n) is 1.85. The lowest BCUT2D eigenvalue weighted by atomic mass is 9.93. The van der Waals surface area contributed by atoms with E-state index in [1.807, 2.05) is 42.5 Å². The van der Waals surface area contributed by atoms with Gasteiger partial charge < -0.3 is 9.84 Å². The number of terminal acetylenes is 1. The van der Waals surface area contributed by atoms with Crippen molar-refractivity contribution in [2.75, 3.05) is 7.11 Å². The number of hydrogen-bond donors (Lipinski definition) is 1. The summed E-state index contributed by atoms with van der Waals surface area (Å²) >= 11 is 0. The zero-order valence-electron chi connectivity index (χ0n) is 11.3. The molecule has 0 aliphatic heterocycles. The highest BCUT2D eigenvalue weighted by molar-refractivity contribution is 5.54. The van der Waals surface area contributed by atoms with E-state index in [1.54, 1.807) is 31.4 Å². The van der Waals surface area contributed by atoms with Crippen LogP contribution >= 0.6 is 0 Å². The molecule has 0 saturated carbocycles. The lowest BCUT2D eigenvalue weighted by Crippen LogP contribution is -2.19. The first-order valence-electron chi connectivity index (χ1n) is 6.27. The molecule has 0 aliphatic carbocycles. The van der Waals surface area contributed by atoms with Crippen molar-refractivity contribution in [1.29, 1.82) is 0 Å². The van der Waals surface area contributed by atoms with E-state index in [-0.39, 0.29) is 0 Å². The molecule has 0 aliphatic rings. The van der Waals surface area contributed by atoms with Gasteiger partial charge in [0.1, 0.15) is 5.75 Å². The van der Waals surface area contributed by atoms with E-state index >= 15 is 0 Å². The van der Waals surface area contributed by atoms with Gasteiger partial charge in [0.15, 0.2) is 5.60 Å². The van der Waals surface area contributed by atoms with Crippen LogP contribution in [0.2, 0.25) is 0 Å². The highest BCUT2D eigenvalue weighted by Gasteiger charge is 2.22. The monoisotopic (exact) mass is 264 g/mol. The second-order valence-electron chi connectivity index (χ2n) is 4.38. The van der Waals surface area contributed by atoms with Crippen LogP contribution in [0, 0.1) is 12.3 Å². The zero-order chi connectivity index (χ0) is 14.4. The Morgan fingerprint density at radius 2 is 1.75 bits per heavy atom. The number of aliphatic hydroxyl groups is 1. The molecule has 1 atom stereocenters. The van der Waals surface area contributed by atoms with E-state index in [0.29, 0.717) is 5.56 Å². The first-order chi connectivity index (χ1) is 9.68. The minimum atomic E-state index is -1.40. The Morgan fingerprint density at radius 3 is 2.30 bits per heavy atom. The molecule has 0 bridgehead atoms. The first-order valence-corrected chi connectivity index (χ1v) is 6.27.